The maximum absolute atomic E-state index is 13.6. The average molecular weight is 368 g/mol. The van der Waals surface area contributed by atoms with Crippen molar-refractivity contribution in [2.24, 2.45) is 0 Å². The number of rotatable bonds is 2. The van der Waals surface area contributed by atoms with E-state index in [9.17, 15) is 9.18 Å². The van der Waals surface area contributed by atoms with Crippen LogP contribution in [0.4, 0.5) is 20.6 Å². The minimum absolute atomic E-state index is 0.189. The summed E-state index contributed by atoms with van der Waals surface area (Å²) in [5.74, 6) is -0.444. The van der Waals surface area contributed by atoms with E-state index in [0.29, 0.717) is 36.2 Å². The first kappa shape index (κ1) is 16.9. The summed E-state index contributed by atoms with van der Waals surface area (Å²) in [5.41, 5.74) is 1.16. The van der Waals surface area contributed by atoms with Crippen molar-refractivity contribution in [2.45, 2.75) is 0 Å². The summed E-state index contributed by atoms with van der Waals surface area (Å²) < 4.78 is 13.6. The lowest BCUT2D eigenvalue weighted by molar-refractivity contribution is 0.208. The van der Waals surface area contributed by atoms with E-state index < -0.39 is 5.82 Å². The van der Waals surface area contributed by atoms with E-state index in [0.717, 1.165) is 5.69 Å². The van der Waals surface area contributed by atoms with Crippen molar-refractivity contribution in [2.75, 3.05) is 36.4 Å². The van der Waals surface area contributed by atoms with Gasteiger partial charge in [-0.1, -0.05) is 35.3 Å². The molecule has 1 aliphatic rings. The molecule has 24 heavy (non-hydrogen) atoms. The molecule has 0 atom stereocenters. The number of halogens is 3. The molecule has 1 aliphatic heterocycles. The number of hydrogen-bond acceptors (Lipinski definition) is 2. The molecular weight excluding hydrogens is 352 g/mol. The lowest BCUT2D eigenvalue weighted by Crippen LogP contribution is -2.50. The predicted octanol–water partition coefficient (Wildman–Crippen LogP) is 4.49. The topological polar surface area (TPSA) is 35.6 Å². The van der Waals surface area contributed by atoms with Gasteiger partial charge in [0.2, 0.25) is 0 Å². The molecule has 2 amide bonds. The molecule has 1 N–H and O–H groups in total. The van der Waals surface area contributed by atoms with Gasteiger partial charge in [0.15, 0.2) is 0 Å². The molecule has 4 nitrogen and oxygen atoms in total. The number of carbonyl (C=O) groups excluding carboxylic acids is 1. The van der Waals surface area contributed by atoms with Gasteiger partial charge in [0, 0.05) is 31.9 Å². The van der Waals surface area contributed by atoms with E-state index in [-0.39, 0.29) is 11.7 Å². The van der Waals surface area contributed by atoms with E-state index in [4.69, 9.17) is 23.2 Å². The summed E-state index contributed by atoms with van der Waals surface area (Å²) in [7, 11) is 0. The molecule has 0 aliphatic carbocycles. The van der Waals surface area contributed by atoms with E-state index in [1.807, 2.05) is 12.1 Å². The normalized spacial score (nSPS) is 14.6. The molecule has 1 heterocycles. The van der Waals surface area contributed by atoms with Gasteiger partial charge in [-0.25, -0.2) is 9.18 Å². The van der Waals surface area contributed by atoms with Gasteiger partial charge in [-0.3, -0.25) is 0 Å². The molecule has 0 radical (unpaired) electrons. The van der Waals surface area contributed by atoms with Crippen LogP contribution in [0.1, 0.15) is 0 Å². The van der Waals surface area contributed by atoms with Crippen LogP contribution in [0.25, 0.3) is 0 Å². The number of urea groups is 1. The fraction of sp³-hybridized carbons (Fsp3) is 0.235. The molecular formula is C17H16Cl2FN3O. The Balaban J connectivity index is 1.59. The molecule has 1 saturated heterocycles. The van der Waals surface area contributed by atoms with Crippen molar-refractivity contribution >= 4 is 40.6 Å². The van der Waals surface area contributed by atoms with Gasteiger partial charge >= 0.3 is 6.03 Å². The molecule has 2 aromatic rings. The van der Waals surface area contributed by atoms with Gasteiger partial charge in [0.05, 0.1) is 15.7 Å². The summed E-state index contributed by atoms with van der Waals surface area (Å²) in [5, 5.41) is 3.63. The van der Waals surface area contributed by atoms with Gasteiger partial charge in [-0.05, 0) is 30.3 Å². The minimum Gasteiger partial charge on any atom is -0.368 e. The van der Waals surface area contributed by atoms with Gasteiger partial charge < -0.3 is 15.1 Å². The Kier molecular flexibility index (Phi) is 5.11. The Morgan fingerprint density at radius 3 is 2.38 bits per heavy atom. The smallest absolute Gasteiger partial charge is 0.322 e. The molecule has 2 aromatic carbocycles. The summed E-state index contributed by atoms with van der Waals surface area (Å²) in [6, 6.07) is 11.3. The van der Waals surface area contributed by atoms with Crippen LogP contribution in [0.2, 0.25) is 10.0 Å². The first-order valence-electron chi connectivity index (χ1n) is 7.55. The Morgan fingerprint density at radius 2 is 1.71 bits per heavy atom. The summed E-state index contributed by atoms with van der Waals surface area (Å²) in [6.45, 7) is 2.42. The van der Waals surface area contributed by atoms with Gasteiger partial charge in [0.25, 0.3) is 0 Å². The Labute approximate surface area is 149 Å². The molecule has 3 rings (SSSR count). The van der Waals surface area contributed by atoms with E-state index >= 15 is 0 Å². The third-order valence-corrected chi connectivity index (χ3v) is 4.69. The SMILES string of the molecule is O=C(Nc1ccccc1F)N1CCN(c2ccc(Cl)c(Cl)c2)CC1. The molecule has 0 aromatic heterocycles. The number of para-hydroxylation sites is 1. The van der Waals surface area contributed by atoms with Crippen molar-refractivity contribution in [3.63, 3.8) is 0 Å². The molecule has 0 spiro atoms. The molecule has 0 unspecified atom stereocenters. The lowest BCUT2D eigenvalue weighted by atomic mass is 10.2. The second-order valence-electron chi connectivity index (χ2n) is 5.48. The number of hydrogen-bond donors (Lipinski definition) is 1. The number of anilines is 2. The van der Waals surface area contributed by atoms with Crippen molar-refractivity contribution in [3.8, 4) is 0 Å². The standard InChI is InChI=1S/C17H16Cl2FN3O/c18-13-6-5-12(11-14(13)19)22-7-9-23(10-8-22)17(24)21-16-4-2-1-3-15(16)20/h1-6,11H,7-10H2,(H,21,24). The first-order valence-corrected chi connectivity index (χ1v) is 8.30. The summed E-state index contributed by atoms with van der Waals surface area (Å²) in [6.07, 6.45) is 0. The van der Waals surface area contributed by atoms with Crippen LogP contribution in [0, 0.1) is 5.82 Å². The predicted molar refractivity (Wildman–Crippen MR) is 95.7 cm³/mol. The average Bonchev–Trinajstić information content (AvgIpc) is 2.59. The van der Waals surface area contributed by atoms with Gasteiger partial charge in [-0.15, -0.1) is 0 Å². The van der Waals surface area contributed by atoms with Crippen molar-refractivity contribution in [3.05, 3.63) is 58.3 Å². The highest BCUT2D eigenvalue weighted by Crippen LogP contribution is 2.27. The third-order valence-electron chi connectivity index (χ3n) is 3.95. The van der Waals surface area contributed by atoms with Crippen LogP contribution >= 0.6 is 23.2 Å². The lowest BCUT2D eigenvalue weighted by Gasteiger charge is -2.36. The maximum Gasteiger partial charge on any atom is 0.322 e. The third kappa shape index (κ3) is 3.74. The zero-order valence-electron chi connectivity index (χ0n) is 12.8. The molecule has 0 bridgehead atoms. The number of piperazine rings is 1. The monoisotopic (exact) mass is 367 g/mol. The van der Waals surface area contributed by atoms with Gasteiger partial charge in [-0.2, -0.15) is 0 Å². The van der Waals surface area contributed by atoms with Crippen LogP contribution in [0.3, 0.4) is 0 Å². The molecule has 1 fully saturated rings. The number of nitrogens with one attached hydrogen (secondary N) is 1. The first-order chi connectivity index (χ1) is 11.5. The van der Waals surface area contributed by atoms with Crippen LogP contribution in [0.5, 0.6) is 0 Å². The molecule has 0 saturated carbocycles. The molecule has 7 heteroatoms. The zero-order valence-corrected chi connectivity index (χ0v) is 14.3. The van der Waals surface area contributed by atoms with Crippen molar-refractivity contribution in [1.82, 2.24) is 4.90 Å². The van der Waals surface area contributed by atoms with E-state index in [1.165, 1.54) is 6.07 Å². The van der Waals surface area contributed by atoms with Crippen LogP contribution in [0.15, 0.2) is 42.5 Å². The second-order valence-corrected chi connectivity index (χ2v) is 6.30. The summed E-state index contributed by atoms with van der Waals surface area (Å²) >= 11 is 12.0. The fourth-order valence-corrected chi connectivity index (χ4v) is 2.90. The van der Waals surface area contributed by atoms with E-state index in [2.05, 4.69) is 10.2 Å². The fourth-order valence-electron chi connectivity index (χ4n) is 2.61. The van der Waals surface area contributed by atoms with Crippen LogP contribution in [-0.2, 0) is 0 Å². The van der Waals surface area contributed by atoms with Crippen molar-refractivity contribution < 1.29 is 9.18 Å². The highest BCUT2D eigenvalue weighted by atomic mass is 35.5. The second kappa shape index (κ2) is 7.28. The van der Waals surface area contributed by atoms with Crippen LogP contribution < -0.4 is 10.2 Å². The number of benzene rings is 2. The van der Waals surface area contributed by atoms with Gasteiger partial charge in [0.1, 0.15) is 5.82 Å². The van der Waals surface area contributed by atoms with Crippen molar-refractivity contribution in [1.29, 1.82) is 0 Å². The highest BCUT2D eigenvalue weighted by Gasteiger charge is 2.22. The molecule has 126 valence electrons. The number of amides is 2. The Morgan fingerprint density at radius 1 is 1.00 bits per heavy atom. The highest BCUT2D eigenvalue weighted by molar-refractivity contribution is 6.42. The zero-order chi connectivity index (χ0) is 17.1. The summed E-state index contributed by atoms with van der Waals surface area (Å²) in [4.78, 5) is 16.1. The Bertz CT molecular complexity index is 748. The minimum atomic E-state index is -0.444. The largest absolute Gasteiger partial charge is 0.368 e. The quantitative estimate of drug-likeness (QED) is 0.848. The van der Waals surface area contributed by atoms with E-state index in [1.54, 1.807) is 29.2 Å². The number of nitrogens with zero attached hydrogens (tertiary/aromatic N) is 2. The number of carbonyl (C=O) groups is 1. The van der Waals surface area contributed by atoms with Crippen LogP contribution in [-0.4, -0.2) is 37.1 Å². The maximum atomic E-state index is 13.6. The Hall–Kier alpha value is -1.98.